The summed E-state index contributed by atoms with van der Waals surface area (Å²) in [6, 6.07) is 19.9. The van der Waals surface area contributed by atoms with Crippen molar-refractivity contribution in [2.24, 2.45) is 0 Å². The van der Waals surface area contributed by atoms with Gasteiger partial charge < -0.3 is 15.2 Å². The quantitative estimate of drug-likeness (QED) is 0.415. The molecule has 0 radical (unpaired) electrons. The molecule has 7 heteroatoms. The van der Waals surface area contributed by atoms with Crippen molar-refractivity contribution in [2.45, 2.75) is 39.5 Å². The normalized spacial score (nSPS) is 13.0. The first kappa shape index (κ1) is 22.8. The Hall–Kier alpha value is -3.97. The van der Waals surface area contributed by atoms with E-state index in [9.17, 15) is 9.90 Å². The summed E-state index contributed by atoms with van der Waals surface area (Å²) in [5, 5.41) is 17.2. The molecular weight excluding hydrogens is 440 g/mol. The van der Waals surface area contributed by atoms with Gasteiger partial charge in [0.05, 0.1) is 18.8 Å². The number of amides is 1. The second kappa shape index (κ2) is 9.72. The van der Waals surface area contributed by atoms with Crippen LogP contribution in [0.4, 0.5) is 0 Å². The molecule has 0 spiro atoms. The molecule has 1 aliphatic rings. The molecule has 4 aromatic rings. The van der Waals surface area contributed by atoms with Gasteiger partial charge in [0.15, 0.2) is 0 Å². The van der Waals surface area contributed by atoms with E-state index in [-0.39, 0.29) is 12.5 Å². The van der Waals surface area contributed by atoms with Gasteiger partial charge in [-0.1, -0.05) is 50.2 Å². The molecule has 0 atom stereocenters. The number of aliphatic hydroxyl groups excluding tert-OH is 1. The van der Waals surface area contributed by atoms with E-state index in [0.29, 0.717) is 42.7 Å². The average molecular weight is 469 g/mol. The van der Waals surface area contributed by atoms with Crippen LogP contribution in [0.1, 0.15) is 47.1 Å². The summed E-state index contributed by atoms with van der Waals surface area (Å²) in [6.07, 6.45) is 1.65. The van der Waals surface area contributed by atoms with E-state index in [1.54, 1.807) is 16.9 Å². The highest BCUT2D eigenvalue weighted by atomic mass is 16.5. The van der Waals surface area contributed by atoms with Crippen LogP contribution in [0.15, 0.2) is 66.9 Å². The Morgan fingerprint density at radius 1 is 1.06 bits per heavy atom. The van der Waals surface area contributed by atoms with Crippen molar-refractivity contribution in [1.82, 2.24) is 20.1 Å². The molecule has 0 aliphatic carbocycles. The van der Waals surface area contributed by atoms with Crippen LogP contribution in [0, 0.1) is 0 Å². The van der Waals surface area contributed by atoms with Crippen molar-refractivity contribution in [3.63, 3.8) is 0 Å². The highest BCUT2D eigenvalue weighted by molar-refractivity contribution is 6.03. The van der Waals surface area contributed by atoms with E-state index in [0.717, 1.165) is 28.0 Å². The Morgan fingerprint density at radius 2 is 1.83 bits per heavy atom. The van der Waals surface area contributed by atoms with E-state index < -0.39 is 0 Å². The third kappa shape index (κ3) is 4.68. The number of aliphatic hydroxyl groups is 1. The van der Waals surface area contributed by atoms with Crippen molar-refractivity contribution in [3.05, 3.63) is 89.4 Å². The molecule has 0 saturated carbocycles. The number of rotatable bonds is 7. The summed E-state index contributed by atoms with van der Waals surface area (Å²) in [7, 11) is 0. The summed E-state index contributed by atoms with van der Waals surface area (Å²) >= 11 is 0. The first-order valence-electron chi connectivity index (χ1n) is 11.8. The first-order chi connectivity index (χ1) is 17.0. The summed E-state index contributed by atoms with van der Waals surface area (Å²) in [5.41, 5.74) is 6.62. The molecule has 1 amide bonds. The summed E-state index contributed by atoms with van der Waals surface area (Å²) < 4.78 is 7.77. The fourth-order valence-corrected chi connectivity index (χ4v) is 4.28. The number of nitrogens with one attached hydrogen (secondary N) is 1. The van der Waals surface area contributed by atoms with Crippen LogP contribution in [0.5, 0.6) is 5.75 Å². The van der Waals surface area contributed by atoms with Gasteiger partial charge in [-0.25, -0.2) is 0 Å². The Morgan fingerprint density at radius 3 is 2.54 bits per heavy atom. The van der Waals surface area contributed by atoms with Crippen molar-refractivity contribution >= 4 is 5.91 Å². The van der Waals surface area contributed by atoms with E-state index in [4.69, 9.17) is 9.84 Å². The van der Waals surface area contributed by atoms with E-state index in [1.807, 2.05) is 30.3 Å². The number of ether oxygens (including phenoxy) is 1. The minimum Gasteiger partial charge on any atom is -0.489 e. The number of hydrogen-bond donors (Lipinski definition) is 2. The molecule has 0 unspecified atom stereocenters. The van der Waals surface area contributed by atoms with Gasteiger partial charge in [0.1, 0.15) is 23.7 Å². The van der Waals surface area contributed by atoms with Crippen molar-refractivity contribution in [2.75, 3.05) is 6.54 Å². The van der Waals surface area contributed by atoms with Crippen LogP contribution in [0.2, 0.25) is 0 Å². The lowest BCUT2D eigenvalue weighted by Gasteiger charge is -2.15. The zero-order valence-corrected chi connectivity index (χ0v) is 19.9. The smallest absolute Gasteiger partial charge is 0.270 e. The van der Waals surface area contributed by atoms with E-state index in [2.05, 4.69) is 48.4 Å². The van der Waals surface area contributed by atoms with Crippen LogP contribution in [-0.4, -0.2) is 32.3 Å². The standard InChI is InChI=1S/C28H28N4O3/c1-18(2)20-5-3-19(4-6-20)17-35-24-9-7-21(8-10-24)25-26(22-11-12-29-23(15-22)16-33)31-32-14-13-30-28(34)27(25)32/h3-12,15,18,33H,13-14,16-17H2,1-2H3,(H,30,34). The first-order valence-corrected chi connectivity index (χ1v) is 11.8. The molecule has 2 aromatic carbocycles. The van der Waals surface area contributed by atoms with Crippen LogP contribution in [0.3, 0.4) is 0 Å². The minimum atomic E-state index is -0.163. The number of carbonyl (C=O) groups is 1. The fourth-order valence-electron chi connectivity index (χ4n) is 4.28. The molecule has 5 rings (SSSR count). The Labute approximate surface area is 204 Å². The van der Waals surface area contributed by atoms with E-state index >= 15 is 0 Å². The highest BCUT2D eigenvalue weighted by Gasteiger charge is 2.28. The van der Waals surface area contributed by atoms with Gasteiger partial charge in [-0.15, -0.1) is 0 Å². The molecule has 178 valence electrons. The summed E-state index contributed by atoms with van der Waals surface area (Å²) in [4.78, 5) is 17.0. The zero-order chi connectivity index (χ0) is 24.4. The zero-order valence-electron chi connectivity index (χ0n) is 19.9. The van der Waals surface area contributed by atoms with Crippen molar-refractivity contribution in [1.29, 1.82) is 0 Å². The van der Waals surface area contributed by atoms with Gasteiger partial charge >= 0.3 is 0 Å². The second-order valence-electron chi connectivity index (χ2n) is 8.95. The molecule has 35 heavy (non-hydrogen) atoms. The number of aromatic nitrogens is 3. The third-order valence-electron chi connectivity index (χ3n) is 6.22. The average Bonchev–Trinajstić information content (AvgIpc) is 3.29. The van der Waals surface area contributed by atoms with Crippen LogP contribution >= 0.6 is 0 Å². The Kier molecular flexibility index (Phi) is 6.33. The Bertz CT molecular complexity index is 1340. The maximum absolute atomic E-state index is 12.8. The van der Waals surface area contributed by atoms with E-state index in [1.165, 1.54) is 5.56 Å². The number of benzene rings is 2. The molecule has 0 fully saturated rings. The van der Waals surface area contributed by atoms with Crippen molar-refractivity contribution in [3.8, 4) is 28.1 Å². The molecular formula is C28H28N4O3. The molecule has 0 saturated heterocycles. The molecule has 2 N–H and O–H groups in total. The van der Waals surface area contributed by atoms with Gasteiger partial charge in [0.25, 0.3) is 5.91 Å². The molecule has 2 aromatic heterocycles. The van der Waals surface area contributed by atoms with Gasteiger partial charge in [-0.2, -0.15) is 5.10 Å². The number of nitrogens with zero attached hydrogens (tertiary/aromatic N) is 3. The lowest BCUT2D eigenvalue weighted by atomic mass is 9.98. The minimum absolute atomic E-state index is 0.147. The predicted octanol–water partition coefficient (Wildman–Crippen LogP) is 4.55. The summed E-state index contributed by atoms with van der Waals surface area (Å²) in [6.45, 7) is 5.82. The van der Waals surface area contributed by atoms with Gasteiger partial charge in [0, 0.05) is 23.9 Å². The van der Waals surface area contributed by atoms with Crippen LogP contribution in [-0.2, 0) is 19.8 Å². The second-order valence-corrected chi connectivity index (χ2v) is 8.95. The largest absolute Gasteiger partial charge is 0.489 e. The predicted molar refractivity (Wildman–Crippen MR) is 134 cm³/mol. The topological polar surface area (TPSA) is 89.3 Å². The molecule has 1 aliphatic heterocycles. The SMILES string of the molecule is CC(C)c1ccc(COc2ccc(-c3c(-c4ccnc(CO)c4)nn4c3C(=O)NCC4)cc2)cc1. The monoisotopic (exact) mass is 468 g/mol. The number of pyridine rings is 1. The van der Waals surface area contributed by atoms with Crippen molar-refractivity contribution < 1.29 is 14.6 Å². The maximum atomic E-state index is 12.8. The number of carbonyl (C=O) groups excluding carboxylic acids is 1. The molecule has 7 nitrogen and oxygen atoms in total. The Balaban J connectivity index is 1.44. The van der Waals surface area contributed by atoms with Gasteiger partial charge in [-0.05, 0) is 46.9 Å². The molecule has 0 bridgehead atoms. The van der Waals surface area contributed by atoms with Crippen LogP contribution in [0.25, 0.3) is 22.4 Å². The number of hydrogen-bond acceptors (Lipinski definition) is 5. The fraction of sp³-hybridized carbons (Fsp3) is 0.250. The lowest BCUT2D eigenvalue weighted by molar-refractivity contribution is 0.0925. The number of fused-ring (bicyclic) bond motifs is 1. The molecule has 3 heterocycles. The van der Waals surface area contributed by atoms with Crippen LogP contribution < -0.4 is 10.1 Å². The highest BCUT2D eigenvalue weighted by Crippen LogP contribution is 2.36. The van der Waals surface area contributed by atoms with Gasteiger partial charge in [0.2, 0.25) is 0 Å². The summed E-state index contributed by atoms with van der Waals surface area (Å²) in [5.74, 6) is 1.10. The van der Waals surface area contributed by atoms with Gasteiger partial charge in [-0.3, -0.25) is 14.5 Å². The third-order valence-corrected chi connectivity index (χ3v) is 6.22. The maximum Gasteiger partial charge on any atom is 0.270 e. The lowest BCUT2D eigenvalue weighted by Crippen LogP contribution is -2.35.